The summed E-state index contributed by atoms with van der Waals surface area (Å²) in [7, 11) is 0. The highest BCUT2D eigenvalue weighted by molar-refractivity contribution is 14.1. The number of nitrogens with zero attached hydrogens (tertiary/aromatic N) is 1. The molecule has 1 saturated carbocycles. The van der Waals surface area contributed by atoms with Gasteiger partial charge in [-0.15, -0.1) is 0 Å². The molecule has 2 heteroatoms. The maximum absolute atomic E-state index is 2.41. The number of hydrogen-bond acceptors (Lipinski definition) is 1. The number of halogens is 1. The maximum atomic E-state index is 2.41. The first-order valence-corrected chi connectivity index (χ1v) is 3.73. The van der Waals surface area contributed by atoms with Crippen molar-refractivity contribution in [3.8, 4) is 0 Å². The van der Waals surface area contributed by atoms with E-state index in [1.165, 1.54) is 19.5 Å². The molecule has 0 N–H and O–H groups in total. The molecule has 40 valence electrons. The van der Waals surface area contributed by atoms with Crippen molar-refractivity contribution in [1.29, 1.82) is 0 Å². The minimum Gasteiger partial charge on any atom is -0.247 e. The molecular formula is C5H8IN. The van der Waals surface area contributed by atoms with Crippen LogP contribution in [0.1, 0.15) is 6.42 Å². The van der Waals surface area contributed by atoms with E-state index in [9.17, 15) is 0 Å². The van der Waals surface area contributed by atoms with Crippen molar-refractivity contribution in [2.75, 3.05) is 13.1 Å². The topological polar surface area (TPSA) is 3.24 Å². The van der Waals surface area contributed by atoms with Crippen molar-refractivity contribution in [1.82, 2.24) is 3.11 Å². The lowest BCUT2D eigenvalue weighted by Crippen LogP contribution is -2.07. The second kappa shape index (κ2) is 1.35. The van der Waals surface area contributed by atoms with E-state index in [2.05, 4.69) is 26.0 Å². The minimum atomic E-state index is 1.11. The average molecular weight is 209 g/mol. The lowest BCUT2D eigenvalue weighted by molar-refractivity contribution is 0.557. The molecular weight excluding hydrogens is 201 g/mol. The first kappa shape index (κ1) is 4.56. The van der Waals surface area contributed by atoms with E-state index in [-0.39, 0.29) is 0 Å². The smallest absolute Gasteiger partial charge is 0.0201 e. The van der Waals surface area contributed by atoms with Gasteiger partial charge in [-0.05, 0) is 18.3 Å². The van der Waals surface area contributed by atoms with Crippen LogP contribution in [0.4, 0.5) is 0 Å². The molecule has 1 aliphatic heterocycles. The predicted molar refractivity (Wildman–Crippen MR) is 37.2 cm³/mol. The Kier molecular flexibility index (Phi) is 0.876. The van der Waals surface area contributed by atoms with Gasteiger partial charge in [-0.25, -0.2) is 3.11 Å². The number of hydrogen-bond donors (Lipinski definition) is 0. The molecule has 2 unspecified atom stereocenters. The normalized spacial score (nSPS) is 49.3. The highest BCUT2D eigenvalue weighted by Crippen LogP contribution is 2.45. The van der Waals surface area contributed by atoms with Crippen molar-refractivity contribution in [3.63, 3.8) is 0 Å². The van der Waals surface area contributed by atoms with Gasteiger partial charge >= 0.3 is 0 Å². The van der Waals surface area contributed by atoms with Crippen LogP contribution in [0.5, 0.6) is 0 Å². The zero-order chi connectivity index (χ0) is 4.85. The first-order chi connectivity index (χ1) is 3.36. The summed E-state index contributed by atoms with van der Waals surface area (Å²) in [5.74, 6) is 2.22. The third-order valence-electron chi connectivity index (χ3n) is 1.93. The molecule has 0 aromatic rings. The van der Waals surface area contributed by atoms with Crippen LogP contribution in [0.3, 0.4) is 0 Å². The summed E-state index contributed by atoms with van der Waals surface area (Å²) >= 11 is 2.41. The summed E-state index contributed by atoms with van der Waals surface area (Å²) in [6.07, 6.45) is 1.53. The fourth-order valence-corrected chi connectivity index (χ4v) is 2.35. The van der Waals surface area contributed by atoms with E-state index >= 15 is 0 Å². The fourth-order valence-electron chi connectivity index (χ4n) is 1.34. The lowest BCUT2D eigenvalue weighted by Gasteiger charge is -2.03. The third-order valence-corrected chi connectivity index (χ3v) is 2.72. The summed E-state index contributed by atoms with van der Waals surface area (Å²) < 4.78 is 2.40. The highest BCUT2D eigenvalue weighted by Gasteiger charge is 2.44. The molecule has 2 rings (SSSR count). The van der Waals surface area contributed by atoms with Gasteiger partial charge in [0.1, 0.15) is 0 Å². The van der Waals surface area contributed by atoms with Gasteiger partial charge in [0.15, 0.2) is 0 Å². The van der Waals surface area contributed by atoms with E-state index in [0.29, 0.717) is 0 Å². The molecule has 2 fully saturated rings. The summed E-state index contributed by atoms with van der Waals surface area (Å²) in [4.78, 5) is 0. The molecule has 1 saturated heterocycles. The van der Waals surface area contributed by atoms with Gasteiger partial charge in [0, 0.05) is 36.0 Å². The molecule has 0 bridgehead atoms. The molecule has 0 amide bonds. The molecule has 1 aliphatic carbocycles. The van der Waals surface area contributed by atoms with E-state index in [0.717, 1.165) is 11.8 Å². The second-order valence-corrected chi connectivity index (χ2v) is 3.95. The predicted octanol–water partition coefficient (Wildman–Crippen LogP) is 1.29. The Morgan fingerprint density at radius 2 is 1.86 bits per heavy atom. The Labute approximate surface area is 57.6 Å². The van der Waals surface area contributed by atoms with Crippen molar-refractivity contribution in [2.24, 2.45) is 11.8 Å². The van der Waals surface area contributed by atoms with Gasteiger partial charge in [0.2, 0.25) is 0 Å². The van der Waals surface area contributed by atoms with Crippen LogP contribution in [-0.2, 0) is 0 Å². The van der Waals surface area contributed by atoms with Crippen LogP contribution in [0, 0.1) is 11.8 Å². The van der Waals surface area contributed by atoms with Gasteiger partial charge in [-0.1, -0.05) is 0 Å². The summed E-state index contributed by atoms with van der Waals surface area (Å²) in [6.45, 7) is 2.73. The standard InChI is InChI=1S/C5H8IN/c6-7-2-4-1-5(4)3-7/h4-5H,1-3H2. The minimum absolute atomic E-state index is 1.11. The van der Waals surface area contributed by atoms with Gasteiger partial charge in [-0.2, -0.15) is 0 Å². The molecule has 0 spiro atoms. The van der Waals surface area contributed by atoms with E-state index in [1.807, 2.05) is 0 Å². The number of rotatable bonds is 0. The van der Waals surface area contributed by atoms with Crippen molar-refractivity contribution in [3.05, 3.63) is 0 Å². The Hall–Kier alpha value is 0.690. The quantitative estimate of drug-likeness (QED) is 0.429. The van der Waals surface area contributed by atoms with Crippen LogP contribution in [0.15, 0.2) is 0 Å². The zero-order valence-electron chi connectivity index (χ0n) is 4.10. The highest BCUT2D eigenvalue weighted by atomic mass is 127. The Balaban J connectivity index is 2.02. The van der Waals surface area contributed by atoms with E-state index in [4.69, 9.17) is 0 Å². The van der Waals surface area contributed by atoms with Crippen LogP contribution < -0.4 is 0 Å². The molecule has 2 aliphatic rings. The number of fused-ring (bicyclic) bond motifs is 1. The van der Waals surface area contributed by atoms with Gasteiger partial charge in [0.05, 0.1) is 0 Å². The lowest BCUT2D eigenvalue weighted by atomic mass is 10.4. The molecule has 0 radical (unpaired) electrons. The largest absolute Gasteiger partial charge is 0.247 e. The van der Waals surface area contributed by atoms with Gasteiger partial charge in [0.25, 0.3) is 0 Å². The summed E-state index contributed by atoms with van der Waals surface area (Å²) in [5, 5.41) is 0. The molecule has 1 nitrogen and oxygen atoms in total. The third kappa shape index (κ3) is 0.682. The number of piperidine rings is 1. The Morgan fingerprint density at radius 1 is 1.29 bits per heavy atom. The van der Waals surface area contributed by atoms with Gasteiger partial charge < -0.3 is 0 Å². The molecule has 0 aromatic carbocycles. The van der Waals surface area contributed by atoms with Gasteiger partial charge in [-0.3, -0.25) is 0 Å². The van der Waals surface area contributed by atoms with Crippen LogP contribution in [0.25, 0.3) is 0 Å². The summed E-state index contributed by atoms with van der Waals surface area (Å²) in [6, 6.07) is 0. The molecule has 0 aromatic heterocycles. The maximum Gasteiger partial charge on any atom is 0.0201 e. The van der Waals surface area contributed by atoms with Crippen molar-refractivity contribution in [2.45, 2.75) is 6.42 Å². The molecule has 7 heavy (non-hydrogen) atoms. The summed E-state index contributed by atoms with van der Waals surface area (Å²) in [5.41, 5.74) is 0. The fraction of sp³-hybridized carbons (Fsp3) is 1.00. The SMILES string of the molecule is IN1CC2CC2C1. The molecule has 1 heterocycles. The Bertz CT molecular complexity index is 84.1. The van der Waals surface area contributed by atoms with Crippen LogP contribution in [0.2, 0.25) is 0 Å². The molecule has 2 atom stereocenters. The Morgan fingerprint density at radius 3 is 2.14 bits per heavy atom. The van der Waals surface area contributed by atoms with Crippen molar-refractivity contribution < 1.29 is 0 Å². The second-order valence-electron chi connectivity index (χ2n) is 2.58. The van der Waals surface area contributed by atoms with Crippen molar-refractivity contribution >= 4 is 22.9 Å². The van der Waals surface area contributed by atoms with E-state index < -0.39 is 0 Å². The van der Waals surface area contributed by atoms with Crippen LogP contribution in [-0.4, -0.2) is 16.2 Å². The average Bonchev–Trinajstić information content (AvgIpc) is 2.15. The monoisotopic (exact) mass is 209 g/mol. The zero-order valence-corrected chi connectivity index (χ0v) is 6.26. The van der Waals surface area contributed by atoms with Crippen LogP contribution >= 0.6 is 22.9 Å². The first-order valence-electron chi connectivity index (χ1n) is 2.77. The van der Waals surface area contributed by atoms with E-state index in [1.54, 1.807) is 0 Å².